The number of carboxylic acid groups (broad SMARTS) is 1. The molecule has 15 heavy (non-hydrogen) atoms. The highest BCUT2D eigenvalue weighted by molar-refractivity contribution is 5.71. The third-order valence-corrected chi connectivity index (χ3v) is 2.95. The Morgan fingerprint density at radius 1 is 1.20 bits per heavy atom. The van der Waals surface area contributed by atoms with Crippen LogP contribution in [-0.4, -0.2) is 11.1 Å². The third-order valence-electron chi connectivity index (χ3n) is 2.95. The van der Waals surface area contributed by atoms with Crippen molar-refractivity contribution in [1.29, 1.82) is 0 Å². The van der Waals surface area contributed by atoms with Gasteiger partial charge in [0.25, 0.3) is 0 Å². The van der Waals surface area contributed by atoms with Crippen molar-refractivity contribution in [3.63, 3.8) is 0 Å². The lowest BCUT2D eigenvalue weighted by molar-refractivity contribution is -0.147. The Kier molecular flexibility index (Phi) is 4.82. The minimum absolute atomic E-state index is 0.0774. The van der Waals surface area contributed by atoms with Gasteiger partial charge < -0.3 is 5.11 Å². The van der Waals surface area contributed by atoms with E-state index in [-0.39, 0.29) is 16.7 Å². The average Bonchev–Trinajstić information content (AvgIpc) is 1.97. The van der Waals surface area contributed by atoms with Crippen LogP contribution in [0.3, 0.4) is 0 Å². The van der Waals surface area contributed by atoms with Gasteiger partial charge in [0, 0.05) is 0 Å². The number of carbonyl (C=O) groups is 1. The SMILES string of the molecule is CCCC(C)(C)C(CC(C)(C)C)C(=O)O. The van der Waals surface area contributed by atoms with Gasteiger partial charge in [-0.25, -0.2) is 0 Å². The van der Waals surface area contributed by atoms with E-state index in [2.05, 4.69) is 41.5 Å². The Balaban J connectivity index is 4.74. The predicted molar refractivity (Wildman–Crippen MR) is 63.9 cm³/mol. The lowest BCUT2D eigenvalue weighted by Gasteiger charge is -2.35. The van der Waals surface area contributed by atoms with Crippen LogP contribution in [0.1, 0.15) is 60.8 Å². The molecular weight excluding hydrogens is 188 g/mol. The summed E-state index contributed by atoms with van der Waals surface area (Å²) in [7, 11) is 0. The molecule has 0 aromatic heterocycles. The van der Waals surface area contributed by atoms with E-state index in [1.54, 1.807) is 0 Å². The zero-order valence-electron chi connectivity index (χ0n) is 11.1. The van der Waals surface area contributed by atoms with Crippen molar-refractivity contribution in [2.24, 2.45) is 16.7 Å². The Bertz CT molecular complexity index is 211. The zero-order chi connectivity index (χ0) is 12.3. The molecule has 0 bridgehead atoms. The van der Waals surface area contributed by atoms with Crippen molar-refractivity contribution in [3.8, 4) is 0 Å². The third kappa shape index (κ3) is 5.19. The van der Waals surface area contributed by atoms with Crippen molar-refractivity contribution >= 4 is 5.97 Å². The standard InChI is InChI=1S/C13H26O2/c1-7-8-13(5,6)10(11(14)15)9-12(2,3)4/h10H,7-9H2,1-6H3,(H,14,15). The van der Waals surface area contributed by atoms with Crippen LogP contribution in [0.4, 0.5) is 0 Å². The lowest BCUT2D eigenvalue weighted by atomic mass is 9.69. The van der Waals surface area contributed by atoms with E-state index in [0.717, 1.165) is 19.3 Å². The summed E-state index contributed by atoms with van der Waals surface area (Å²) in [4.78, 5) is 11.3. The van der Waals surface area contributed by atoms with E-state index < -0.39 is 5.97 Å². The second-order valence-electron chi connectivity index (χ2n) is 6.39. The molecule has 1 unspecified atom stereocenters. The Morgan fingerprint density at radius 3 is 1.93 bits per heavy atom. The van der Waals surface area contributed by atoms with Crippen LogP contribution in [0.15, 0.2) is 0 Å². The summed E-state index contributed by atoms with van der Waals surface area (Å²) in [5, 5.41) is 9.30. The van der Waals surface area contributed by atoms with Gasteiger partial charge in [-0.15, -0.1) is 0 Å². The largest absolute Gasteiger partial charge is 0.481 e. The fourth-order valence-electron chi connectivity index (χ4n) is 2.13. The van der Waals surface area contributed by atoms with Gasteiger partial charge in [-0.05, 0) is 23.7 Å². The van der Waals surface area contributed by atoms with Gasteiger partial charge in [-0.1, -0.05) is 48.0 Å². The second kappa shape index (κ2) is 5.00. The minimum atomic E-state index is -0.650. The van der Waals surface area contributed by atoms with E-state index >= 15 is 0 Å². The number of hydrogen-bond acceptors (Lipinski definition) is 1. The Labute approximate surface area is 94.1 Å². The maximum atomic E-state index is 11.3. The van der Waals surface area contributed by atoms with Crippen molar-refractivity contribution in [3.05, 3.63) is 0 Å². The Hall–Kier alpha value is -0.530. The lowest BCUT2D eigenvalue weighted by Crippen LogP contribution is -2.34. The van der Waals surface area contributed by atoms with E-state index in [1.807, 2.05) is 0 Å². The highest BCUT2D eigenvalue weighted by atomic mass is 16.4. The molecule has 1 atom stereocenters. The molecule has 90 valence electrons. The minimum Gasteiger partial charge on any atom is -0.481 e. The molecule has 0 heterocycles. The summed E-state index contributed by atoms with van der Waals surface area (Å²) in [5.74, 6) is -0.888. The highest BCUT2D eigenvalue weighted by Gasteiger charge is 2.36. The van der Waals surface area contributed by atoms with Crippen LogP contribution in [0.5, 0.6) is 0 Å². The predicted octanol–water partition coefficient (Wildman–Crippen LogP) is 3.95. The highest BCUT2D eigenvalue weighted by Crippen LogP contribution is 2.39. The van der Waals surface area contributed by atoms with Crippen LogP contribution < -0.4 is 0 Å². The monoisotopic (exact) mass is 214 g/mol. The van der Waals surface area contributed by atoms with E-state index in [9.17, 15) is 9.90 Å². The molecule has 0 aromatic rings. The normalized spacial score (nSPS) is 15.1. The molecule has 0 aliphatic rings. The molecular formula is C13H26O2. The number of aliphatic carboxylic acids is 1. The second-order valence-corrected chi connectivity index (χ2v) is 6.39. The summed E-state index contributed by atoms with van der Waals surface area (Å²) in [5.41, 5.74) is -0.0259. The Morgan fingerprint density at radius 2 is 1.67 bits per heavy atom. The van der Waals surface area contributed by atoms with Gasteiger partial charge in [-0.3, -0.25) is 4.79 Å². The maximum absolute atomic E-state index is 11.3. The summed E-state index contributed by atoms with van der Waals surface area (Å²) >= 11 is 0. The number of hydrogen-bond donors (Lipinski definition) is 1. The molecule has 0 radical (unpaired) electrons. The van der Waals surface area contributed by atoms with Crippen LogP contribution in [0.2, 0.25) is 0 Å². The molecule has 0 saturated heterocycles. The first-order valence-electron chi connectivity index (χ1n) is 5.83. The van der Waals surface area contributed by atoms with Crippen molar-refractivity contribution < 1.29 is 9.90 Å². The van der Waals surface area contributed by atoms with E-state index in [0.29, 0.717) is 0 Å². The maximum Gasteiger partial charge on any atom is 0.307 e. The average molecular weight is 214 g/mol. The van der Waals surface area contributed by atoms with Crippen molar-refractivity contribution in [2.45, 2.75) is 60.8 Å². The molecule has 2 heteroatoms. The molecule has 0 fully saturated rings. The first-order chi connectivity index (χ1) is 6.60. The van der Waals surface area contributed by atoms with E-state index in [4.69, 9.17) is 0 Å². The van der Waals surface area contributed by atoms with Crippen molar-refractivity contribution in [1.82, 2.24) is 0 Å². The summed E-state index contributed by atoms with van der Waals surface area (Å²) < 4.78 is 0. The first-order valence-corrected chi connectivity index (χ1v) is 5.83. The molecule has 0 spiro atoms. The van der Waals surface area contributed by atoms with Gasteiger partial charge in [0.1, 0.15) is 0 Å². The number of carboxylic acids is 1. The molecule has 0 saturated carbocycles. The molecule has 1 N–H and O–H groups in total. The summed E-state index contributed by atoms with van der Waals surface area (Å²) in [6.07, 6.45) is 2.76. The zero-order valence-corrected chi connectivity index (χ0v) is 11.1. The van der Waals surface area contributed by atoms with Gasteiger partial charge in [-0.2, -0.15) is 0 Å². The smallest absolute Gasteiger partial charge is 0.307 e. The fourth-order valence-corrected chi connectivity index (χ4v) is 2.13. The molecule has 2 nitrogen and oxygen atoms in total. The first kappa shape index (κ1) is 14.5. The topological polar surface area (TPSA) is 37.3 Å². The van der Waals surface area contributed by atoms with Crippen LogP contribution in [0.25, 0.3) is 0 Å². The molecule has 0 aliphatic heterocycles. The molecule has 0 rings (SSSR count). The summed E-state index contributed by atoms with van der Waals surface area (Å²) in [6, 6.07) is 0. The molecule has 0 aliphatic carbocycles. The molecule has 0 amide bonds. The van der Waals surface area contributed by atoms with Gasteiger partial charge in [0.2, 0.25) is 0 Å². The quantitative estimate of drug-likeness (QED) is 0.752. The summed E-state index contributed by atoms with van der Waals surface area (Å²) in [6.45, 7) is 12.6. The van der Waals surface area contributed by atoms with E-state index in [1.165, 1.54) is 0 Å². The van der Waals surface area contributed by atoms with Gasteiger partial charge >= 0.3 is 5.97 Å². The number of rotatable bonds is 5. The molecule has 0 aromatic carbocycles. The van der Waals surface area contributed by atoms with Crippen LogP contribution in [0, 0.1) is 16.7 Å². The fraction of sp³-hybridized carbons (Fsp3) is 0.923. The van der Waals surface area contributed by atoms with Crippen LogP contribution >= 0.6 is 0 Å². The van der Waals surface area contributed by atoms with Gasteiger partial charge in [0.15, 0.2) is 0 Å². The van der Waals surface area contributed by atoms with Crippen LogP contribution in [-0.2, 0) is 4.79 Å². The van der Waals surface area contributed by atoms with Gasteiger partial charge in [0.05, 0.1) is 5.92 Å². The van der Waals surface area contributed by atoms with Crippen molar-refractivity contribution in [2.75, 3.05) is 0 Å².